The highest BCUT2D eigenvalue weighted by Gasteiger charge is 2.34. The number of rotatable bonds is 3. The molecule has 1 amide bonds. The van der Waals surface area contributed by atoms with Gasteiger partial charge in [-0.15, -0.1) is 0 Å². The van der Waals surface area contributed by atoms with Crippen LogP contribution in [0.1, 0.15) is 19.8 Å². The van der Waals surface area contributed by atoms with Gasteiger partial charge in [-0.25, -0.2) is 0 Å². The molecule has 1 atom stereocenters. The summed E-state index contributed by atoms with van der Waals surface area (Å²) in [4.78, 5) is 10.9. The van der Waals surface area contributed by atoms with Gasteiger partial charge in [-0.3, -0.25) is 4.79 Å². The Morgan fingerprint density at radius 3 is 2.53 bits per heavy atom. The normalized spacial score (nSPS) is 21.2. The summed E-state index contributed by atoms with van der Waals surface area (Å²) in [6.07, 6.45) is -1.96. The molecule has 0 bridgehead atoms. The van der Waals surface area contributed by atoms with E-state index in [2.05, 4.69) is 0 Å². The van der Waals surface area contributed by atoms with Crippen LogP contribution in [0.5, 0.6) is 0 Å². The van der Waals surface area contributed by atoms with Crippen LogP contribution >= 0.6 is 0 Å². The average molecular weight is 219 g/mol. The minimum Gasteiger partial charge on any atom is -0.366 e. The third-order valence-corrected chi connectivity index (χ3v) is 2.39. The first kappa shape index (κ1) is 11.8. The molecule has 0 aromatic rings. The zero-order chi connectivity index (χ0) is 11.6. The van der Waals surface area contributed by atoms with E-state index in [4.69, 9.17) is 5.73 Å². The lowest BCUT2D eigenvalue weighted by Crippen LogP contribution is -2.17. The fourth-order valence-corrected chi connectivity index (χ4v) is 1.77. The second-order valence-electron chi connectivity index (χ2n) is 3.44. The molecule has 0 radical (unpaired) electrons. The first-order valence-electron chi connectivity index (χ1n) is 4.63. The Morgan fingerprint density at radius 2 is 2.13 bits per heavy atom. The second kappa shape index (κ2) is 4.08. The number of primary amides is 1. The first-order valence-corrected chi connectivity index (χ1v) is 4.63. The van der Waals surface area contributed by atoms with Gasteiger partial charge in [0.1, 0.15) is 0 Å². The zero-order valence-electron chi connectivity index (χ0n) is 8.27. The predicted molar refractivity (Wildman–Crippen MR) is 49.8 cm³/mol. The number of hydrogen-bond donors (Lipinski definition) is 1. The Kier molecular flexibility index (Phi) is 3.21. The van der Waals surface area contributed by atoms with Gasteiger partial charge < -0.3 is 5.73 Å². The van der Waals surface area contributed by atoms with Gasteiger partial charge >= 0.3 is 6.18 Å². The molecule has 5 heteroatoms. The van der Waals surface area contributed by atoms with E-state index >= 15 is 0 Å². The molecule has 1 aliphatic rings. The number of amides is 1. The van der Waals surface area contributed by atoms with E-state index < -0.39 is 24.4 Å². The van der Waals surface area contributed by atoms with Crippen molar-refractivity contribution < 1.29 is 18.0 Å². The topological polar surface area (TPSA) is 43.1 Å². The van der Waals surface area contributed by atoms with E-state index in [0.29, 0.717) is 12.0 Å². The van der Waals surface area contributed by atoms with Gasteiger partial charge in [0.25, 0.3) is 0 Å². The summed E-state index contributed by atoms with van der Waals surface area (Å²) in [6, 6.07) is 0. The number of carbonyl (C=O) groups is 1. The summed E-state index contributed by atoms with van der Waals surface area (Å²) in [6.45, 7) is 1.72. The maximum Gasteiger partial charge on any atom is 0.389 e. The van der Waals surface area contributed by atoms with Gasteiger partial charge in [-0.1, -0.05) is 24.6 Å². The molecule has 0 fully saturated rings. The van der Waals surface area contributed by atoms with Crippen LogP contribution in [0.15, 0.2) is 23.3 Å². The summed E-state index contributed by atoms with van der Waals surface area (Å²) in [5, 5.41) is 0. The quantitative estimate of drug-likeness (QED) is 0.777. The molecule has 15 heavy (non-hydrogen) atoms. The largest absolute Gasteiger partial charge is 0.389 e. The van der Waals surface area contributed by atoms with E-state index in [0.717, 1.165) is 0 Å². The highest BCUT2D eigenvalue weighted by atomic mass is 19.4. The number of allylic oxidation sites excluding steroid dienone is 2. The van der Waals surface area contributed by atoms with Crippen molar-refractivity contribution in [2.24, 2.45) is 11.7 Å². The Bertz CT molecular complexity index is 328. The van der Waals surface area contributed by atoms with Gasteiger partial charge in [0, 0.05) is 11.5 Å². The molecule has 84 valence electrons. The van der Waals surface area contributed by atoms with Crippen LogP contribution in [-0.2, 0) is 4.79 Å². The Balaban J connectivity index is 2.88. The first-order chi connectivity index (χ1) is 6.85. The van der Waals surface area contributed by atoms with Gasteiger partial charge in [-0.05, 0) is 6.42 Å². The van der Waals surface area contributed by atoms with E-state index in [1.165, 1.54) is 12.2 Å². The van der Waals surface area contributed by atoms with Crippen LogP contribution in [0.2, 0.25) is 0 Å². The molecule has 2 nitrogen and oxygen atoms in total. The van der Waals surface area contributed by atoms with Crippen molar-refractivity contribution in [1.29, 1.82) is 0 Å². The van der Waals surface area contributed by atoms with Gasteiger partial charge in [0.2, 0.25) is 5.91 Å². The number of alkyl halides is 3. The number of nitrogens with two attached hydrogens (primary N) is 1. The molecule has 2 N–H and O–H groups in total. The van der Waals surface area contributed by atoms with E-state index in [9.17, 15) is 18.0 Å². The van der Waals surface area contributed by atoms with E-state index in [1.807, 2.05) is 0 Å². The van der Waals surface area contributed by atoms with Crippen LogP contribution < -0.4 is 5.73 Å². The lowest BCUT2D eigenvalue weighted by molar-refractivity contribution is -0.139. The second-order valence-corrected chi connectivity index (χ2v) is 3.44. The maximum absolute atomic E-state index is 12.2. The predicted octanol–water partition coefficient (Wildman–Crippen LogP) is 2.32. The van der Waals surface area contributed by atoms with Gasteiger partial charge in [0.15, 0.2) is 0 Å². The van der Waals surface area contributed by atoms with Crippen LogP contribution in [0.25, 0.3) is 0 Å². The third kappa shape index (κ3) is 2.84. The molecule has 0 saturated heterocycles. The number of halogens is 3. The monoisotopic (exact) mass is 219 g/mol. The molecule has 1 unspecified atom stereocenters. The molecule has 0 aromatic carbocycles. The van der Waals surface area contributed by atoms with Crippen molar-refractivity contribution in [3.8, 4) is 0 Å². The summed E-state index contributed by atoms with van der Waals surface area (Å²) < 4.78 is 36.5. The SMILES string of the molecule is CCC1=C(C(N)=O)C=CC1CC(F)(F)F. The van der Waals surface area contributed by atoms with Crippen molar-refractivity contribution in [3.63, 3.8) is 0 Å². The molecule has 0 saturated carbocycles. The average Bonchev–Trinajstić information content (AvgIpc) is 2.44. The van der Waals surface area contributed by atoms with Crippen LogP contribution in [0, 0.1) is 5.92 Å². The minimum absolute atomic E-state index is 0.228. The lowest BCUT2D eigenvalue weighted by atomic mass is 9.94. The minimum atomic E-state index is -4.22. The fourth-order valence-electron chi connectivity index (χ4n) is 1.77. The van der Waals surface area contributed by atoms with Crippen molar-refractivity contribution in [2.75, 3.05) is 0 Å². The van der Waals surface area contributed by atoms with Gasteiger partial charge in [-0.2, -0.15) is 13.2 Å². The van der Waals surface area contributed by atoms with Crippen molar-refractivity contribution in [3.05, 3.63) is 23.3 Å². The van der Waals surface area contributed by atoms with E-state index in [-0.39, 0.29) is 5.57 Å². The zero-order valence-corrected chi connectivity index (χ0v) is 8.27. The number of carbonyl (C=O) groups excluding carboxylic acids is 1. The highest BCUT2D eigenvalue weighted by Crippen LogP contribution is 2.36. The summed E-state index contributed by atoms with van der Waals surface area (Å²) >= 11 is 0. The Labute approximate surface area is 85.6 Å². The van der Waals surface area contributed by atoms with Crippen LogP contribution in [0.3, 0.4) is 0 Å². The summed E-state index contributed by atoms with van der Waals surface area (Å²) in [5.41, 5.74) is 5.77. The number of hydrogen-bond acceptors (Lipinski definition) is 1. The molecule has 0 aliphatic heterocycles. The van der Waals surface area contributed by atoms with Crippen molar-refractivity contribution >= 4 is 5.91 Å². The molecular formula is C10H12F3NO. The molecule has 0 spiro atoms. The Morgan fingerprint density at radius 1 is 1.53 bits per heavy atom. The fraction of sp³-hybridized carbons (Fsp3) is 0.500. The molecule has 0 aromatic heterocycles. The smallest absolute Gasteiger partial charge is 0.366 e. The van der Waals surface area contributed by atoms with E-state index in [1.54, 1.807) is 6.92 Å². The summed E-state index contributed by atoms with van der Waals surface area (Å²) in [7, 11) is 0. The molecule has 0 heterocycles. The standard InChI is InChI=1S/C10H12F3NO/c1-2-7-6(5-10(11,12)13)3-4-8(7)9(14)15/h3-4,6H,2,5H2,1H3,(H2,14,15). The lowest BCUT2D eigenvalue weighted by Gasteiger charge is -2.15. The van der Waals surface area contributed by atoms with Crippen LogP contribution in [0.4, 0.5) is 13.2 Å². The maximum atomic E-state index is 12.2. The molecular weight excluding hydrogens is 207 g/mol. The highest BCUT2D eigenvalue weighted by molar-refractivity contribution is 5.96. The molecule has 1 rings (SSSR count). The van der Waals surface area contributed by atoms with Crippen molar-refractivity contribution in [2.45, 2.75) is 25.9 Å². The third-order valence-electron chi connectivity index (χ3n) is 2.39. The van der Waals surface area contributed by atoms with Gasteiger partial charge in [0.05, 0.1) is 6.42 Å². The summed E-state index contributed by atoms with van der Waals surface area (Å²) in [5.74, 6) is -1.38. The van der Waals surface area contributed by atoms with Crippen molar-refractivity contribution in [1.82, 2.24) is 0 Å². The Hall–Kier alpha value is -1.26. The van der Waals surface area contributed by atoms with Crippen LogP contribution in [-0.4, -0.2) is 12.1 Å². The molecule has 1 aliphatic carbocycles.